The second-order valence-corrected chi connectivity index (χ2v) is 8.13. The number of carbonyl (C=O) groups excluding carboxylic acids is 1. The van der Waals surface area contributed by atoms with Crippen molar-refractivity contribution in [3.05, 3.63) is 15.6 Å². The average Bonchev–Trinajstić information content (AvgIpc) is 2.89. The van der Waals surface area contributed by atoms with Gasteiger partial charge in [0.25, 0.3) is 5.91 Å². The number of hydrogen-bond donors (Lipinski definition) is 1. The number of likely N-dealkylation sites (tertiary alicyclic amines) is 1. The summed E-state index contributed by atoms with van der Waals surface area (Å²) >= 11 is 1.46. The van der Waals surface area contributed by atoms with E-state index in [2.05, 4.69) is 11.9 Å². The van der Waals surface area contributed by atoms with E-state index in [0.29, 0.717) is 19.5 Å². The van der Waals surface area contributed by atoms with Gasteiger partial charge in [0.05, 0.1) is 16.3 Å². The van der Waals surface area contributed by atoms with Crippen LogP contribution in [-0.4, -0.2) is 52.8 Å². The Balaban J connectivity index is 1.70. The van der Waals surface area contributed by atoms with E-state index in [1.807, 2.05) is 18.7 Å². The molecule has 128 valence electrons. The standard InChI is InChI=1S/C17H26N2O3S/c1-11-10-19(16(20)15-12(2)18-13(3)23-15)7-6-17(11,21)14-4-8-22-9-5-14/h11,14,21H,4-10H2,1-3H3/t11-,17+/m1/s1. The van der Waals surface area contributed by atoms with Gasteiger partial charge in [0, 0.05) is 32.2 Å². The van der Waals surface area contributed by atoms with Crippen molar-refractivity contribution >= 4 is 17.2 Å². The van der Waals surface area contributed by atoms with Gasteiger partial charge in [-0.2, -0.15) is 0 Å². The Hall–Kier alpha value is -0.980. The number of hydrogen-bond acceptors (Lipinski definition) is 5. The molecule has 3 heterocycles. The fraction of sp³-hybridized carbons (Fsp3) is 0.765. The number of aryl methyl sites for hydroxylation is 2. The zero-order chi connectivity index (χ0) is 16.6. The van der Waals surface area contributed by atoms with Crippen LogP contribution >= 0.6 is 11.3 Å². The predicted molar refractivity (Wildman–Crippen MR) is 89.8 cm³/mol. The summed E-state index contributed by atoms with van der Waals surface area (Å²) in [5, 5.41) is 12.1. The first-order valence-electron chi connectivity index (χ1n) is 8.45. The summed E-state index contributed by atoms with van der Waals surface area (Å²) in [5.41, 5.74) is 0.148. The Morgan fingerprint density at radius 3 is 2.65 bits per heavy atom. The van der Waals surface area contributed by atoms with Crippen molar-refractivity contribution in [1.82, 2.24) is 9.88 Å². The zero-order valence-corrected chi connectivity index (χ0v) is 15.0. The highest BCUT2D eigenvalue weighted by Crippen LogP contribution is 2.39. The van der Waals surface area contributed by atoms with Crippen molar-refractivity contribution in [2.45, 2.75) is 45.6 Å². The number of nitrogens with zero attached hydrogens (tertiary/aromatic N) is 2. The lowest BCUT2D eigenvalue weighted by molar-refractivity contribution is -0.125. The number of carbonyl (C=O) groups is 1. The lowest BCUT2D eigenvalue weighted by Gasteiger charge is -2.48. The molecule has 23 heavy (non-hydrogen) atoms. The van der Waals surface area contributed by atoms with Crippen LogP contribution in [0.15, 0.2) is 0 Å². The molecule has 0 saturated carbocycles. The first-order valence-corrected chi connectivity index (χ1v) is 9.27. The van der Waals surface area contributed by atoms with Crippen LogP contribution in [0.2, 0.25) is 0 Å². The second kappa shape index (κ2) is 6.49. The number of rotatable bonds is 2. The molecule has 3 rings (SSSR count). The van der Waals surface area contributed by atoms with Crippen molar-refractivity contribution in [3.8, 4) is 0 Å². The molecule has 5 nitrogen and oxygen atoms in total. The van der Waals surface area contributed by atoms with Gasteiger partial charge in [-0.05, 0) is 39.0 Å². The number of aliphatic hydroxyl groups is 1. The third-order valence-electron chi connectivity index (χ3n) is 5.44. The van der Waals surface area contributed by atoms with E-state index in [9.17, 15) is 9.90 Å². The van der Waals surface area contributed by atoms with E-state index in [0.717, 1.165) is 41.6 Å². The molecular weight excluding hydrogens is 312 g/mol. The SMILES string of the molecule is Cc1nc(C)c(C(=O)N2CC[C@@](O)(C3CCOCC3)[C@H](C)C2)s1. The van der Waals surface area contributed by atoms with Gasteiger partial charge in [0.1, 0.15) is 4.88 Å². The largest absolute Gasteiger partial charge is 0.389 e. The monoisotopic (exact) mass is 338 g/mol. The Kier molecular flexibility index (Phi) is 4.76. The van der Waals surface area contributed by atoms with E-state index in [1.165, 1.54) is 11.3 Å². The Morgan fingerprint density at radius 1 is 1.39 bits per heavy atom. The molecule has 0 bridgehead atoms. The van der Waals surface area contributed by atoms with E-state index in [1.54, 1.807) is 0 Å². The molecule has 2 fully saturated rings. The van der Waals surface area contributed by atoms with Crippen molar-refractivity contribution in [3.63, 3.8) is 0 Å². The van der Waals surface area contributed by atoms with Crippen molar-refractivity contribution < 1.29 is 14.6 Å². The van der Waals surface area contributed by atoms with Crippen LogP contribution in [0.3, 0.4) is 0 Å². The maximum absolute atomic E-state index is 12.8. The normalized spacial score (nSPS) is 29.7. The van der Waals surface area contributed by atoms with Gasteiger partial charge < -0.3 is 14.7 Å². The Labute approximate surface area is 141 Å². The van der Waals surface area contributed by atoms with E-state index >= 15 is 0 Å². The quantitative estimate of drug-likeness (QED) is 0.899. The fourth-order valence-corrected chi connectivity index (χ4v) is 4.89. The van der Waals surface area contributed by atoms with Crippen LogP contribution in [0.1, 0.15) is 46.6 Å². The Morgan fingerprint density at radius 2 is 2.09 bits per heavy atom. The van der Waals surface area contributed by atoms with Gasteiger partial charge in [0.2, 0.25) is 0 Å². The summed E-state index contributed by atoms with van der Waals surface area (Å²) in [4.78, 5) is 19.7. The van der Waals surface area contributed by atoms with E-state index in [-0.39, 0.29) is 17.7 Å². The third-order valence-corrected chi connectivity index (χ3v) is 6.50. The van der Waals surface area contributed by atoms with Gasteiger partial charge in [-0.3, -0.25) is 4.79 Å². The molecule has 6 heteroatoms. The molecule has 2 aliphatic heterocycles. The molecule has 2 saturated heterocycles. The summed E-state index contributed by atoms with van der Waals surface area (Å²) in [6.45, 7) is 8.60. The maximum Gasteiger partial charge on any atom is 0.265 e. The van der Waals surface area contributed by atoms with Gasteiger partial charge in [0.15, 0.2) is 0 Å². The topological polar surface area (TPSA) is 62.7 Å². The lowest BCUT2D eigenvalue weighted by atomic mass is 9.70. The maximum atomic E-state index is 12.8. The minimum absolute atomic E-state index is 0.0639. The highest BCUT2D eigenvalue weighted by Gasteiger charge is 2.46. The smallest absolute Gasteiger partial charge is 0.265 e. The number of aromatic nitrogens is 1. The predicted octanol–water partition coefficient (Wildman–Crippen LogP) is 2.40. The van der Waals surface area contributed by atoms with E-state index < -0.39 is 5.60 Å². The molecule has 1 N–H and O–H groups in total. The summed E-state index contributed by atoms with van der Waals surface area (Å²) < 4.78 is 5.42. The summed E-state index contributed by atoms with van der Waals surface area (Å²) in [5.74, 6) is 0.433. The first-order chi connectivity index (χ1) is 10.9. The molecular formula is C17H26N2O3S. The summed E-state index contributed by atoms with van der Waals surface area (Å²) in [7, 11) is 0. The highest BCUT2D eigenvalue weighted by atomic mass is 32.1. The fourth-order valence-electron chi connectivity index (χ4n) is 4.00. The molecule has 0 spiro atoms. The van der Waals surface area contributed by atoms with Crippen LogP contribution in [0.5, 0.6) is 0 Å². The zero-order valence-electron chi connectivity index (χ0n) is 14.2. The average molecular weight is 338 g/mol. The first kappa shape index (κ1) is 16.9. The number of thiazole rings is 1. The van der Waals surface area contributed by atoms with Crippen molar-refractivity contribution in [2.75, 3.05) is 26.3 Å². The van der Waals surface area contributed by atoms with Gasteiger partial charge in [-0.25, -0.2) is 4.98 Å². The van der Waals surface area contributed by atoms with Crippen LogP contribution in [-0.2, 0) is 4.74 Å². The van der Waals surface area contributed by atoms with Crippen molar-refractivity contribution in [2.24, 2.45) is 11.8 Å². The molecule has 1 amide bonds. The van der Waals surface area contributed by atoms with Crippen LogP contribution < -0.4 is 0 Å². The molecule has 0 unspecified atom stereocenters. The highest BCUT2D eigenvalue weighted by molar-refractivity contribution is 7.13. The van der Waals surface area contributed by atoms with Crippen molar-refractivity contribution in [1.29, 1.82) is 0 Å². The molecule has 0 aromatic carbocycles. The van der Waals surface area contributed by atoms with Gasteiger partial charge >= 0.3 is 0 Å². The number of amides is 1. The molecule has 1 aromatic rings. The second-order valence-electron chi connectivity index (χ2n) is 6.93. The third kappa shape index (κ3) is 3.16. The van der Waals surface area contributed by atoms with Crippen LogP contribution in [0.25, 0.3) is 0 Å². The van der Waals surface area contributed by atoms with Gasteiger partial charge in [-0.1, -0.05) is 6.92 Å². The molecule has 1 aromatic heterocycles. The Bertz CT molecular complexity index is 582. The molecule has 2 aliphatic rings. The lowest BCUT2D eigenvalue weighted by Crippen LogP contribution is -2.56. The van der Waals surface area contributed by atoms with Crippen LogP contribution in [0, 0.1) is 25.7 Å². The van der Waals surface area contributed by atoms with E-state index in [4.69, 9.17) is 4.74 Å². The minimum atomic E-state index is -0.667. The van der Waals surface area contributed by atoms with Gasteiger partial charge in [-0.15, -0.1) is 11.3 Å². The number of piperidine rings is 1. The molecule has 0 aliphatic carbocycles. The summed E-state index contributed by atoms with van der Waals surface area (Å²) in [6.07, 6.45) is 2.49. The molecule has 2 atom stereocenters. The summed E-state index contributed by atoms with van der Waals surface area (Å²) in [6, 6.07) is 0. The van der Waals surface area contributed by atoms with Crippen LogP contribution in [0.4, 0.5) is 0 Å². The number of ether oxygens (including phenoxy) is 1. The minimum Gasteiger partial charge on any atom is -0.389 e. The molecule has 0 radical (unpaired) electrons.